The number of aryl methyl sites for hydroxylation is 2. The number of nitrogens with zero attached hydrogens (tertiary/aromatic N) is 2. The Balaban J connectivity index is 1.58. The Hall–Kier alpha value is -2.12. The number of sulfonamides is 1. The number of aromatic nitrogens is 2. The second-order valence-corrected chi connectivity index (χ2v) is 9.06. The number of imidazole rings is 1. The highest BCUT2D eigenvalue weighted by atomic mass is 32.2. The molecule has 0 spiro atoms. The highest BCUT2D eigenvalue weighted by Gasteiger charge is 2.18. The molecular weight excluding hydrogens is 342 g/mol. The number of thiophene rings is 1. The minimum atomic E-state index is -3.52. The number of anilines is 1. The predicted molar refractivity (Wildman–Crippen MR) is 95.8 cm³/mol. The number of fused-ring (bicyclic) bond motifs is 1. The molecule has 2 aromatic heterocycles. The van der Waals surface area contributed by atoms with E-state index in [2.05, 4.69) is 14.3 Å². The minimum Gasteiger partial charge on any atom is -0.328 e. The fraction of sp³-hybridized carbons (Fsp3) is 0.235. The molecule has 1 aromatic carbocycles. The maximum Gasteiger partial charge on any atom is 0.271 e. The van der Waals surface area contributed by atoms with Crippen molar-refractivity contribution in [3.63, 3.8) is 0 Å². The van der Waals surface area contributed by atoms with E-state index in [4.69, 9.17) is 0 Å². The Bertz CT molecular complexity index is 985. The summed E-state index contributed by atoms with van der Waals surface area (Å²) in [6, 6.07) is 10.9. The molecule has 24 heavy (non-hydrogen) atoms. The first-order valence-corrected chi connectivity index (χ1v) is 10.1. The van der Waals surface area contributed by atoms with Crippen LogP contribution in [0.2, 0.25) is 0 Å². The third-order valence-electron chi connectivity index (χ3n) is 4.13. The molecule has 0 atom stereocenters. The molecule has 0 saturated carbocycles. The molecule has 0 aliphatic carbocycles. The van der Waals surface area contributed by atoms with Crippen LogP contribution in [-0.4, -0.2) is 18.0 Å². The van der Waals surface area contributed by atoms with Crippen molar-refractivity contribution in [2.45, 2.75) is 30.5 Å². The number of rotatable bonds is 4. The highest BCUT2D eigenvalue weighted by Crippen LogP contribution is 2.28. The summed E-state index contributed by atoms with van der Waals surface area (Å²) in [5.74, 6) is 1.13. The van der Waals surface area contributed by atoms with Crippen LogP contribution in [0.3, 0.4) is 0 Å². The number of hydrogen-bond acceptors (Lipinski definition) is 4. The zero-order chi connectivity index (χ0) is 16.7. The first-order chi connectivity index (χ1) is 11.5. The van der Waals surface area contributed by atoms with E-state index in [9.17, 15) is 8.42 Å². The Labute approximate surface area is 145 Å². The van der Waals surface area contributed by atoms with E-state index < -0.39 is 10.0 Å². The highest BCUT2D eigenvalue weighted by molar-refractivity contribution is 7.94. The van der Waals surface area contributed by atoms with E-state index in [0.29, 0.717) is 9.90 Å². The smallest absolute Gasteiger partial charge is 0.271 e. The molecule has 124 valence electrons. The molecule has 1 aliphatic heterocycles. The summed E-state index contributed by atoms with van der Waals surface area (Å²) in [7, 11) is -3.52. The Morgan fingerprint density at radius 3 is 2.67 bits per heavy atom. The Kier molecular flexibility index (Phi) is 3.69. The lowest BCUT2D eigenvalue weighted by atomic mass is 10.1. The Morgan fingerprint density at radius 1 is 1.17 bits per heavy atom. The van der Waals surface area contributed by atoms with Crippen LogP contribution in [0.1, 0.15) is 17.1 Å². The summed E-state index contributed by atoms with van der Waals surface area (Å²) in [6.07, 6.45) is 4.05. The largest absolute Gasteiger partial charge is 0.328 e. The second kappa shape index (κ2) is 5.75. The zero-order valence-corrected chi connectivity index (χ0v) is 14.8. The van der Waals surface area contributed by atoms with Crippen LogP contribution in [0.15, 0.2) is 46.8 Å². The topological polar surface area (TPSA) is 64.0 Å². The summed E-state index contributed by atoms with van der Waals surface area (Å²) in [6.45, 7) is 2.89. The molecule has 0 bridgehead atoms. The standard InChI is InChI=1S/C17H17N3O2S2/c1-12-4-9-17(23-12)24(21,22)19-14-7-5-13(6-8-14)15-11-18-16-3-2-10-20(15)16/h4-9,11,19H,2-3,10H2,1H3. The van der Waals surface area contributed by atoms with Crippen LogP contribution in [0, 0.1) is 6.92 Å². The van der Waals surface area contributed by atoms with Crippen molar-refractivity contribution in [3.8, 4) is 11.3 Å². The van der Waals surface area contributed by atoms with Crippen molar-refractivity contribution in [1.82, 2.24) is 9.55 Å². The second-order valence-electron chi connectivity index (χ2n) is 5.86. The van der Waals surface area contributed by atoms with Gasteiger partial charge >= 0.3 is 0 Å². The molecular formula is C17H17N3O2S2. The third-order valence-corrected chi connectivity index (χ3v) is 7.01. The lowest BCUT2D eigenvalue weighted by Gasteiger charge is -2.08. The van der Waals surface area contributed by atoms with Crippen molar-refractivity contribution >= 4 is 27.0 Å². The summed E-state index contributed by atoms with van der Waals surface area (Å²) in [4.78, 5) is 5.42. The number of nitrogens with one attached hydrogen (secondary N) is 1. The first kappa shape index (κ1) is 15.4. The van der Waals surface area contributed by atoms with E-state index in [1.807, 2.05) is 31.3 Å². The number of hydrogen-bond donors (Lipinski definition) is 1. The van der Waals surface area contributed by atoms with Crippen LogP contribution in [0.4, 0.5) is 5.69 Å². The van der Waals surface area contributed by atoms with Gasteiger partial charge in [0.1, 0.15) is 10.0 Å². The normalized spacial score (nSPS) is 13.9. The van der Waals surface area contributed by atoms with Crippen molar-refractivity contribution in [2.75, 3.05) is 4.72 Å². The zero-order valence-electron chi connectivity index (χ0n) is 13.2. The Morgan fingerprint density at radius 2 is 1.96 bits per heavy atom. The third kappa shape index (κ3) is 2.74. The van der Waals surface area contributed by atoms with Gasteiger partial charge in [0, 0.05) is 23.5 Å². The average Bonchev–Trinajstić information content (AvgIpc) is 3.24. The van der Waals surface area contributed by atoms with Gasteiger partial charge in [-0.1, -0.05) is 12.1 Å². The SMILES string of the molecule is Cc1ccc(S(=O)(=O)Nc2ccc(-c3cnc4n3CCC4)cc2)s1. The van der Waals surface area contributed by atoms with Crippen molar-refractivity contribution in [2.24, 2.45) is 0 Å². The first-order valence-electron chi connectivity index (χ1n) is 7.77. The van der Waals surface area contributed by atoms with Crippen molar-refractivity contribution in [3.05, 3.63) is 53.3 Å². The lowest BCUT2D eigenvalue weighted by molar-refractivity contribution is 0.603. The molecule has 0 radical (unpaired) electrons. The lowest BCUT2D eigenvalue weighted by Crippen LogP contribution is -2.11. The van der Waals surface area contributed by atoms with Gasteiger partial charge < -0.3 is 4.57 Å². The predicted octanol–water partition coefficient (Wildman–Crippen LogP) is 3.67. The van der Waals surface area contributed by atoms with E-state index in [1.54, 1.807) is 18.2 Å². The molecule has 4 rings (SSSR count). The number of benzene rings is 1. The fourth-order valence-corrected chi connectivity index (χ4v) is 5.30. The van der Waals surface area contributed by atoms with Gasteiger partial charge in [0.2, 0.25) is 0 Å². The molecule has 7 heteroatoms. The average molecular weight is 359 g/mol. The molecule has 3 aromatic rings. The van der Waals surface area contributed by atoms with E-state index in [-0.39, 0.29) is 0 Å². The summed E-state index contributed by atoms with van der Waals surface area (Å²) in [5.41, 5.74) is 2.70. The summed E-state index contributed by atoms with van der Waals surface area (Å²) < 4.78 is 29.9. The monoisotopic (exact) mass is 359 g/mol. The van der Waals surface area contributed by atoms with Crippen LogP contribution < -0.4 is 4.72 Å². The summed E-state index contributed by atoms with van der Waals surface area (Å²) >= 11 is 1.27. The fourth-order valence-electron chi connectivity index (χ4n) is 2.96. The van der Waals surface area contributed by atoms with Crippen molar-refractivity contribution in [1.29, 1.82) is 0 Å². The summed E-state index contributed by atoms with van der Waals surface area (Å²) in [5, 5.41) is 0. The van der Waals surface area contributed by atoms with E-state index in [1.165, 1.54) is 11.3 Å². The van der Waals surface area contributed by atoms with Gasteiger partial charge in [-0.05, 0) is 43.2 Å². The molecule has 3 heterocycles. The maximum atomic E-state index is 12.4. The van der Waals surface area contributed by atoms with Gasteiger partial charge in [-0.2, -0.15) is 0 Å². The molecule has 0 amide bonds. The van der Waals surface area contributed by atoms with Gasteiger partial charge in [0.25, 0.3) is 10.0 Å². The van der Waals surface area contributed by atoms with Gasteiger partial charge in [-0.15, -0.1) is 11.3 Å². The molecule has 1 N–H and O–H groups in total. The van der Waals surface area contributed by atoms with E-state index in [0.717, 1.165) is 41.3 Å². The molecule has 0 saturated heterocycles. The van der Waals surface area contributed by atoms with Crippen LogP contribution in [-0.2, 0) is 23.0 Å². The van der Waals surface area contributed by atoms with Crippen LogP contribution in [0.25, 0.3) is 11.3 Å². The maximum absolute atomic E-state index is 12.4. The van der Waals surface area contributed by atoms with Gasteiger partial charge in [-0.25, -0.2) is 13.4 Å². The minimum absolute atomic E-state index is 0.331. The van der Waals surface area contributed by atoms with Crippen molar-refractivity contribution < 1.29 is 8.42 Å². The molecule has 0 fully saturated rings. The quantitative estimate of drug-likeness (QED) is 0.773. The molecule has 1 aliphatic rings. The molecule has 0 unspecified atom stereocenters. The van der Waals surface area contributed by atoms with E-state index >= 15 is 0 Å². The van der Waals surface area contributed by atoms with Gasteiger partial charge in [0.15, 0.2) is 0 Å². The van der Waals surface area contributed by atoms with Gasteiger partial charge in [0.05, 0.1) is 11.9 Å². The molecule has 5 nitrogen and oxygen atoms in total. The van der Waals surface area contributed by atoms with Crippen LogP contribution >= 0.6 is 11.3 Å². The van der Waals surface area contributed by atoms with Gasteiger partial charge in [-0.3, -0.25) is 4.72 Å². The van der Waals surface area contributed by atoms with Crippen LogP contribution in [0.5, 0.6) is 0 Å².